The molecule has 0 aliphatic heterocycles. The largest absolute Gasteiger partial charge is 0.460 e. The van der Waals surface area contributed by atoms with Crippen LogP contribution in [0.25, 0.3) is 6.08 Å². The molecule has 0 spiro atoms. The molecule has 48 heavy (non-hydrogen) atoms. The standard InChI is InChI=1S/C38H44N4O6/c1-27(2)24-32(31(34(44)48-38(3,4)5)23-15-22-28-16-9-6-10-17-28)33(43)39-42-36(46)40(25-29-18-11-7-12-19-29)35(45)41(37(42)47)26-30-20-13-8-14-21-30/h6-22,27,31-32H,23-26H2,1-5H3,(H,39,43)/b22-15+/t31?,32-/m1/s1. The van der Waals surface area contributed by atoms with E-state index in [-0.39, 0.29) is 31.8 Å². The second-order valence-electron chi connectivity index (χ2n) is 13.2. The van der Waals surface area contributed by atoms with Gasteiger partial charge < -0.3 is 4.74 Å². The molecular formula is C38H44N4O6. The SMILES string of the molecule is CC(C)C[C@@H](C(=O)Nn1c(=O)n(Cc2ccccc2)c(=O)n(Cc2ccccc2)c1=O)C(C/C=C/c1ccccc1)C(=O)OC(C)(C)C. The zero-order chi connectivity index (χ0) is 34.8. The highest BCUT2D eigenvalue weighted by Gasteiger charge is 2.37. The first-order chi connectivity index (χ1) is 22.8. The molecule has 1 unspecified atom stereocenters. The molecular weight excluding hydrogens is 608 g/mol. The molecule has 1 N–H and O–H groups in total. The quantitative estimate of drug-likeness (QED) is 0.202. The van der Waals surface area contributed by atoms with E-state index in [0.29, 0.717) is 15.8 Å². The molecule has 10 heteroatoms. The highest BCUT2D eigenvalue weighted by molar-refractivity contribution is 5.90. The van der Waals surface area contributed by atoms with Gasteiger partial charge in [-0.1, -0.05) is 117 Å². The fourth-order valence-electron chi connectivity index (χ4n) is 5.40. The van der Waals surface area contributed by atoms with Crippen LogP contribution in [-0.4, -0.2) is 31.3 Å². The smallest absolute Gasteiger partial charge is 0.356 e. The number of carbonyl (C=O) groups excluding carboxylic acids is 2. The van der Waals surface area contributed by atoms with Crippen LogP contribution in [0.3, 0.4) is 0 Å². The van der Waals surface area contributed by atoms with Crippen molar-refractivity contribution in [3.05, 3.63) is 145 Å². The molecule has 0 fully saturated rings. The fraction of sp³-hybridized carbons (Fsp3) is 0.342. The summed E-state index contributed by atoms with van der Waals surface area (Å²) in [6.45, 7) is 8.86. The predicted octanol–water partition coefficient (Wildman–Crippen LogP) is 5.06. The van der Waals surface area contributed by atoms with Gasteiger partial charge >= 0.3 is 23.0 Å². The number of nitrogens with one attached hydrogen (secondary N) is 1. The van der Waals surface area contributed by atoms with E-state index in [1.165, 1.54) is 0 Å². The molecule has 252 valence electrons. The fourth-order valence-corrected chi connectivity index (χ4v) is 5.40. The highest BCUT2D eigenvalue weighted by Crippen LogP contribution is 2.28. The molecule has 1 heterocycles. The number of rotatable bonds is 13. The second kappa shape index (κ2) is 16.0. The van der Waals surface area contributed by atoms with Gasteiger partial charge in [-0.25, -0.2) is 23.5 Å². The normalized spacial score (nSPS) is 13.0. The summed E-state index contributed by atoms with van der Waals surface area (Å²) < 4.78 is 8.19. The molecule has 4 rings (SSSR count). The van der Waals surface area contributed by atoms with Gasteiger partial charge in [0.25, 0.3) is 0 Å². The first-order valence-electron chi connectivity index (χ1n) is 16.1. The van der Waals surface area contributed by atoms with E-state index in [4.69, 9.17) is 4.74 Å². The molecule has 2 atom stereocenters. The van der Waals surface area contributed by atoms with Gasteiger partial charge in [0.05, 0.1) is 24.9 Å². The number of esters is 1. The summed E-state index contributed by atoms with van der Waals surface area (Å²) in [5.74, 6) is -3.19. The summed E-state index contributed by atoms with van der Waals surface area (Å²) >= 11 is 0. The minimum Gasteiger partial charge on any atom is -0.460 e. The Balaban J connectivity index is 1.78. The first-order valence-corrected chi connectivity index (χ1v) is 16.1. The average molecular weight is 653 g/mol. The van der Waals surface area contributed by atoms with Gasteiger partial charge in [0.15, 0.2) is 0 Å². The van der Waals surface area contributed by atoms with E-state index >= 15 is 0 Å². The lowest BCUT2D eigenvalue weighted by atomic mass is 9.82. The number of hydrogen-bond acceptors (Lipinski definition) is 6. The second-order valence-corrected chi connectivity index (χ2v) is 13.2. The number of nitrogens with zero attached hydrogens (tertiary/aromatic N) is 3. The minimum atomic E-state index is -0.993. The third-order valence-corrected chi connectivity index (χ3v) is 7.65. The Kier molecular flexibility index (Phi) is 11.9. The predicted molar refractivity (Wildman–Crippen MR) is 187 cm³/mol. The van der Waals surface area contributed by atoms with Crippen molar-refractivity contribution in [2.75, 3.05) is 5.43 Å². The molecule has 0 saturated heterocycles. The van der Waals surface area contributed by atoms with Crippen molar-refractivity contribution in [1.82, 2.24) is 13.8 Å². The highest BCUT2D eigenvalue weighted by atomic mass is 16.6. The van der Waals surface area contributed by atoms with Gasteiger partial charge in [-0.15, -0.1) is 4.68 Å². The van der Waals surface area contributed by atoms with Crippen LogP contribution in [0.2, 0.25) is 0 Å². The van der Waals surface area contributed by atoms with Crippen LogP contribution < -0.4 is 22.5 Å². The number of allylic oxidation sites excluding steroid dienone is 1. The summed E-state index contributed by atoms with van der Waals surface area (Å²) in [6.07, 6.45) is 4.14. The van der Waals surface area contributed by atoms with Crippen LogP contribution in [0.15, 0.2) is 111 Å². The zero-order valence-corrected chi connectivity index (χ0v) is 28.2. The van der Waals surface area contributed by atoms with Crippen molar-refractivity contribution in [2.24, 2.45) is 17.8 Å². The molecule has 0 aliphatic carbocycles. The Hall–Kier alpha value is -5.25. The topological polar surface area (TPSA) is 121 Å². The monoisotopic (exact) mass is 652 g/mol. The molecule has 0 bridgehead atoms. The Morgan fingerprint density at radius 2 is 1.21 bits per heavy atom. The average Bonchev–Trinajstić information content (AvgIpc) is 3.05. The molecule has 1 amide bonds. The first kappa shape index (κ1) is 35.6. The van der Waals surface area contributed by atoms with Crippen LogP contribution >= 0.6 is 0 Å². The third kappa shape index (κ3) is 9.63. The molecule has 0 saturated carbocycles. The summed E-state index contributed by atoms with van der Waals surface area (Å²) in [5, 5.41) is 0. The van der Waals surface area contributed by atoms with Gasteiger partial charge in [0.2, 0.25) is 5.91 Å². The van der Waals surface area contributed by atoms with Gasteiger partial charge in [-0.05, 0) is 56.2 Å². The Morgan fingerprint density at radius 1 is 0.729 bits per heavy atom. The van der Waals surface area contributed by atoms with Crippen LogP contribution in [0.5, 0.6) is 0 Å². The third-order valence-electron chi connectivity index (χ3n) is 7.65. The lowest BCUT2D eigenvalue weighted by molar-refractivity contribution is -0.163. The van der Waals surface area contributed by atoms with Gasteiger partial charge in [0.1, 0.15) is 5.60 Å². The molecule has 10 nitrogen and oxygen atoms in total. The van der Waals surface area contributed by atoms with Gasteiger partial charge in [-0.2, -0.15) is 0 Å². The summed E-state index contributed by atoms with van der Waals surface area (Å²) in [4.78, 5) is 69.1. The van der Waals surface area contributed by atoms with Crippen LogP contribution in [-0.2, 0) is 27.4 Å². The summed E-state index contributed by atoms with van der Waals surface area (Å²) in [5.41, 5.74) is 1.15. The summed E-state index contributed by atoms with van der Waals surface area (Å²) in [7, 11) is 0. The molecule has 3 aromatic carbocycles. The number of hydrogen-bond donors (Lipinski definition) is 1. The van der Waals surface area contributed by atoms with E-state index in [1.54, 1.807) is 69.3 Å². The van der Waals surface area contributed by atoms with Crippen LogP contribution in [0.1, 0.15) is 64.2 Å². The summed E-state index contributed by atoms with van der Waals surface area (Å²) in [6, 6.07) is 27.3. The van der Waals surface area contributed by atoms with Crippen LogP contribution in [0.4, 0.5) is 0 Å². The van der Waals surface area contributed by atoms with Crippen molar-refractivity contribution >= 4 is 18.0 Å². The lowest BCUT2D eigenvalue weighted by Crippen LogP contribution is -2.58. The van der Waals surface area contributed by atoms with Gasteiger partial charge in [-0.3, -0.25) is 15.0 Å². The molecule has 0 aliphatic rings. The minimum absolute atomic E-state index is 0.0257. The Morgan fingerprint density at radius 3 is 1.67 bits per heavy atom. The number of ether oxygens (including phenoxy) is 1. The maximum atomic E-state index is 14.2. The zero-order valence-electron chi connectivity index (χ0n) is 28.2. The van der Waals surface area contributed by atoms with Crippen molar-refractivity contribution < 1.29 is 14.3 Å². The number of aromatic nitrogens is 3. The van der Waals surface area contributed by atoms with Crippen LogP contribution in [0, 0.1) is 17.8 Å². The maximum absolute atomic E-state index is 14.2. The van der Waals surface area contributed by atoms with Crippen molar-refractivity contribution in [1.29, 1.82) is 0 Å². The number of amides is 1. The number of carbonyl (C=O) groups is 2. The van der Waals surface area contributed by atoms with Gasteiger partial charge in [0, 0.05) is 0 Å². The van der Waals surface area contributed by atoms with E-state index < -0.39 is 46.4 Å². The molecule has 0 radical (unpaired) electrons. The van der Waals surface area contributed by atoms with E-state index in [9.17, 15) is 24.0 Å². The molecule has 1 aromatic heterocycles. The molecule has 4 aromatic rings. The van der Waals surface area contributed by atoms with Crippen molar-refractivity contribution in [2.45, 2.75) is 66.2 Å². The maximum Gasteiger partial charge on any atom is 0.356 e. The Bertz CT molecular complexity index is 1810. The van der Waals surface area contributed by atoms with E-state index in [1.807, 2.05) is 68.5 Å². The van der Waals surface area contributed by atoms with E-state index in [0.717, 1.165) is 14.7 Å². The van der Waals surface area contributed by atoms with Crippen molar-refractivity contribution in [3.8, 4) is 0 Å². The Labute approximate surface area is 280 Å². The van der Waals surface area contributed by atoms with Crippen molar-refractivity contribution in [3.63, 3.8) is 0 Å². The lowest BCUT2D eigenvalue weighted by Gasteiger charge is -2.29. The van der Waals surface area contributed by atoms with E-state index in [2.05, 4.69) is 5.43 Å². The number of benzene rings is 3.